The number of anilines is 1. The highest BCUT2D eigenvalue weighted by Gasteiger charge is 2.30. The summed E-state index contributed by atoms with van der Waals surface area (Å²) in [6, 6.07) is 14.0. The monoisotopic (exact) mass is 427 g/mol. The van der Waals surface area contributed by atoms with Gasteiger partial charge in [0.05, 0.1) is 16.8 Å². The molecule has 0 aliphatic heterocycles. The molecule has 2 N–H and O–H groups in total. The number of alkyl halides is 3. The molecule has 156 valence electrons. The second-order valence-corrected chi connectivity index (χ2v) is 6.65. The quantitative estimate of drug-likeness (QED) is 0.357. The van der Waals surface area contributed by atoms with E-state index in [2.05, 4.69) is 15.3 Å². The number of halogens is 4. The number of para-hydroxylation sites is 1. The summed E-state index contributed by atoms with van der Waals surface area (Å²) in [7, 11) is 0. The van der Waals surface area contributed by atoms with E-state index >= 15 is 0 Å². The molecule has 9 heteroatoms. The number of hydrogen-bond acceptors (Lipinski definition) is 3. The maximum Gasteiger partial charge on any atom is 0.416 e. The smallest absolute Gasteiger partial charge is 0.353 e. The standard InChI is InChI=1S/C22H13F4N3O2/c23-19-9-3-8-16(27-19)21(31)29-15-7-2-6-14-18(30)11-17(28-20(14)15)12-4-1-5-13(10-12)22(24,25)26/h1-11H,(H,28,30)(H,29,31). The first-order chi connectivity index (χ1) is 14.7. The van der Waals surface area contributed by atoms with Gasteiger partial charge < -0.3 is 10.3 Å². The van der Waals surface area contributed by atoms with Crippen LogP contribution in [0.4, 0.5) is 23.2 Å². The van der Waals surface area contributed by atoms with Crippen LogP contribution in [-0.2, 0) is 6.18 Å². The average molecular weight is 427 g/mol. The Labute approximate surface area is 172 Å². The highest BCUT2D eigenvalue weighted by Crippen LogP contribution is 2.32. The summed E-state index contributed by atoms with van der Waals surface area (Å²) < 4.78 is 52.5. The molecule has 2 aromatic carbocycles. The lowest BCUT2D eigenvalue weighted by Gasteiger charge is -2.12. The van der Waals surface area contributed by atoms with Gasteiger partial charge in [0.15, 0.2) is 5.43 Å². The zero-order valence-corrected chi connectivity index (χ0v) is 15.6. The molecule has 0 aliphatic rings. The number of nitrogens with one attached hydrogen (secondary N) is 2. The number of pyridine rings is 2. The molecule has 4 aromatic rings. The van der Waals surface area contributed by atoms with Crippen LogP contribution in [0, 0.1) is 5.95 Å². The van der Waals surface area contributed by atoms with Crippen molar-refractivity contribution >= 4 is 22.5 Å². The highest BCUT2D eigenvalue weighted by molar-refractivity contribution is 6.07. The van der Waals surface area contributed by atoms with E-state index in [0.717, 1.165) is 18.2 Å². The second-order valence-electron chi connectivity index (χ2n) is 6.65. The van der Waals surface area contributed by atoms with Crippen LogP contribution in [-0.4, -0.2) is 15.9 Å². The molecule has 0 fully saturated rings. The summed E-state index contributed by atoms with van der Waals surface area (Å²) in [4.78, 5) is 31.5. The zero-order valence-electron chi connectivity index (χ0n) is 15.6. The van der Waals surface area contributed by atoms with Crippen LogP contribution in [0.25, 0.3) is 22.2 Å². The summed E-state index contributed by atoms with van der Waals surface area (Å²) in [5.74, 6) is -1.54. The van der Waals surface area contributed by atoms with Gasteiger partial charge >= 0.3 is 6.18 Å². The van der Waals surface area contributed by atoms with Crippen molar-refractivity contribution in [3.05, 3.63) is 94.2 Å². The molecule has 0 aliphatic carbocycles. The van der Waals surface area contributed by atoms with Crippen LogP contribution < -0.4 is 10.7 Å². The zero-order chi connectivity index (χ0) is 22.2. The van der Waals surface area contributed by atoms with Gasteiger partial charge in [0, 0.05) is 17.1 Å². The van der Waals surface area contributed by atoms with Crippen molar-refractivity contribution in [2.45, 2.75) is 6.18 Å². The molecular formula is C22H13F4N3O2. The Kier molecular flexibility index (Phi) is 5.02. The predicted molar refractivity (Wildman–Crippen MR) is 107 cm³/mol. The average Bonchev–Trinajstić information content (AvgIpc) is 2.73. The van der Waals surface area contributed by atoms with E-state index in [1.54, 1.807) is 0 Å². The lowest BCUT2D eigenvalue weighted by molar-refractivity contribution is -0.137. The maximum absolute atomic E-state index is 13.3. The van der Waals surface area contributed by atoms with Gasteiger partial charge in [0.2, 0.25) is 5.95 Å². The minimum atomic E-state index is -4.54. The van der Waals surface area contributed by atoms with E-state index in [0.29, 0.717) is 0 Å². The molecule has 4 rings (SSSR count). The number of aromatic nitrogens is 2. The van der Waals surface area contributed by atoms with Gasteiger partial charge in [-0.05, 0) is 42.0 Å². The minimum absolute atomic E-state index is 0.147. The van der Waals surface area contributed by atoms with Crippen LogP contribution in [0.5, 0.6) is 0 Å². The van der Waals surface area contributed by atoms with Crippen LogP contribution in [0.2, 0.25) is 0 Å². The first-order valence-corrected chi connectivity index (χ1v) is 9.00. The Morgan fingerprint density at radius 3 is 2.45 bits per heavy atom. The number of amides is 1. The van der Waals surface area contributed by atoms with E-state index in [4.69, 9.17) is 0 Å². The molecule has 0 radical (unpaired) electrons. The summed E-state index contributed by atoms with van der Waals surface area (Å²) in [5, 5.41) is 2.77. The summed E-state index contributed by atoms with van der Waals surface area (Å²) in [6.07, 6.45) is -4.54. The number of nitrogens with zero attached hydrogens (tertiary/aromatic N) is 1. The number of hydrogen-bond donors (Lipinski definition) is 2. The molecule has 0 bridgehead atoms. The molecule has 0 unspecified atom stereocenters. The lowest BCUT2D eigenvalue weighted by Crippen LogP contribution is -2.15. The van der Waals surface area contributed by atoms with E-state index in [9.17, 15) is 27.2 Å². The molecule has 2 aromatic heterocycles. The SMILES string of the molecule is O=C(Nc1cccc2c(=O)cc(-c3cccc(C(F)(F)F)c3)[nH]c12)c1cccc(F)n1. The van der Waals surface area contributed by atoms with E-state index < -0.39 is 29.0 Å². The Bertz CT molecular complexity index is 1360. The molecule has 0 saturated heterocycles. The fraction of sp³-hybridized carbons (Fsp3) is 0.0455. The molecule has 1 amide bonds. The Morgan fingerprint density at radius 2 is 1.71 bits per heavy atom. The van der Waals surface area contributed by atoms with Gasteiger partial charge in [-0.3, -0.25) is 9.59 Å². The summed E-state index contributed by atoms with van der Waals surface area (Å²) in [5.41, 5.74) is -0.762. The third-order valence-electron chi connectivity index (χ3n) is 4.56. The van der Waals surface area contributed by atoms with E-state index in [1.807, 2.05) is 0 Å². The first-order valence-electron chi connectivity index (χ1n) is 9.00. The van der Waals surface area contributed by atoms with Crippen molar-refractivity contribution in [3.8, 4) is 11.3 Å². The van der Waals surface area contributed by atoms with Gasteiger partial charge in [0.1, 0.15) is 5.69 Å². The van der Waals surface area contributed by atoms with Gasteiger partial charge in [-0.15, -0.1) is 0 Å². The molecular weight excluding hydrogens is 414 g/mol. The Hall–Kier alpha value is -4.01. The minimum Gasteiger partial charge on any atom is -0.353 e. The number of carbonyl (C=O) groups is 1. The lowest BCUT2D eigenvalue weighted by atomic mass is 10.1. The van der Waals surface area contributed by atoms with Gasteiger partial charge in [0.25, 0.3) is 5.91 Å². The van der Waals surface area contributed by atoms with Crippen molar-refractivity contribution in [1.29, 1.82) is 0 Å². The maximum atomic E-state index is 13.3. The largest absolute Gasteiger partial charge is 0.416 e. The molecule has 31 heavy (non-hydrogen) atoms. The van der Waals surface area contributed by atoms with Gasteiger partial charge in [-0.25, -0.2) is 4.98 Å². The van der Waals surface area contributed by atoms with Crippen LogP contribution in [0.3, 0.4) is 0 Å². The molecule has 0 atom stereocenters. The van der Waals surface area contributed by atoms with Crippen LogP contribution in [0.15, 0.2) is 71.5 Å². The van der Waals surface area contributed by atoms with E-state index in [-0.39, 0.29) is 33.5 Å². The molecule has 2 heterocycles. The third kappa shape index (κ3) is 4.16. The van der Waals surface area contributed by atoms with E-state index in [1.165, 1.54) is 48.5 Å². The number of benzene rings is 2. The molecule has 0 spiro atoms. The van der Waals surface area contributed by atoms with Crippen molar-refractivity contribution in [2.75, 3.05) is 5.32 Å². The van der Waals surface area contributed by atoms with Crippen molar-refractivity contribution in [1.82, 2.24) is 9.97 Å². The topological polar surface area (TPSA) is 74.8 Å². The second kappa shape index (κ2) is 7.67. The van der Waals surface area contributed by atoms with Crippen LogP contribution >= 0.6 is 0 Å². The number of H-pyrrole nitrogens is 1. The summed E-state index contributed by atoms with van der Waals surface area (Å²) >= 11 is 0. The van der Waals surface area contributed by atoms with Crippen molar-refractivity contribution in [2.24, 2.45) is 0 Å². The molecule has 0 saturated carbocycles. The van der Waals surface area contributed by atoms with Crippen molar-refractivity contribution < 1.29 is 22.4 Å². The van der Waals surface area contributed by atoms with Crippen LogP contribution in [0.1, 0.15) is 16.1 Å². The highest BCUT2D eigenvalue weighted by atomic mass is 19.4. The number of carbonyl (C=O) groups excluding carboxylic acids is 1. The predicted octanol–water partition coefficient (Wildman–Crippen LogP) is 5.00. The normalized spacial score (nSPS) is 11.5. The van der Waals surface area contributed by atoms with Crippen molar-refractivity contribution in [3.63, 3.8) is 0 Å². The number of rotatable bonds is 3. The fourth-order valence-electron chi connectivity index (χ4n) is 3.12. The fourth-order valence-corrected chi connectivity index (χ4v) is 3.12. The molecule has 5 nitrogen and oxygen atoms in total. The Morgan fingerprint density at radius 1 is 0.968 bits per heavy atom. The number of aromatic amines is 1. The summed E-state index contributed by atoms with van der Waals surface area (Å²) in [6.45, 7) is 0. The third-order valence-corrected chi connectivity index (χ3v) is 4.56. The first kappa shape index (κ1) is 20.3. The van der Waals surface area contributed by atoms with Gasteiger partial charge in [-0.2, -0.15) is 17.6 Å². The Balaban J connectivity index is 1.80. The van der Waals surface area contributed by atoms with Gasteiger partial charge in [-0.1, -0.05) is 24.3 Å². The number of fused-ring (bicyclic) bond motifs is 1.